The number of hydrogen-bond donors (Lipinski definition) is 4. The molecule has 0 aliphatic heterocycles. The standard InChI is InChI=1S/C9H11N3O2S/c1-10-9(15)12-11-5-6-3-2-4-7(13)8(6)14/h2-5,13-14H,1H3,(H2,10,12,15)/b11-5-. The van der Waals surface area contributed by atoms with Crippen LogP contribution in [0.2, 0.25) is 0 Å². The zero-order chi connectivity index (χ0) is 11.3. The fourth-order valence-corrected chi connectivity index (χ4v) is 0.922. The third-order valence-electron chi connectivity index (χ3n) is 1.64. The number of nitrogens with zero attached hydrogens (tertiary/aromatic N) is 1. The first kappa shape index (κ1) is 11.3. The van der Waals surface area contributed by atoms with Gasteiger partial charge in [-0.2, -0.15) is 5.10 Å². The Labute approximate surface area is 92.4 Å². The van der Waals surface area contributed by atoms with Crippen molar-refractivity contribution < 1.29 is 10.2 Å². The lowest BCUT2D eigenvalue weighted by molar-refractivity contribution is 0.403. The monoisotopic (exact) mass is 225 g/mol. The summed E-state index contributed by atoms with van der Waals surface area (Å²) in [7, 11) is 1.66. The van der Waals surface area contributed by atoms with Crippen LogP contribution in [0.15, 0.2) is 23.3 Å². The van der Waals surface area contributed by atoms with E-state index in [0.29, 0.717) is 10.7 Å². The Kier molecular flexibility index (Phi) is 3.87. The largest absolute Gasteiger partial charge is 0.504 e. The highest BCUT2D eigenvalue weighted by atomic mass is 32.1. The van der Waals surface area contributed by atoms with Gasteiger partial charge in [0.05, 0.1) is 6.21 Å². The maximum absolute atomic E-state index is 9.40. The van der Waals surface area contributed by atoms with Gasteiger partial charge in [-0.25, -0.2) is 0 Å². The van der Waals surface area contributed by atoms with Crippen LogP contribution in [0.5, 0.6) is 11.5 Å². The van der Waals surface area contributed by atoms with E-state index in [-0.39, 0.29) is 11.5 Å². The van der Waals surface area contributed by atoms with Gasteiger partial charge in [-0.15, -0.1) is 0 Å². The molecule has 0 radical (unpaired) electrons. The van der Waals surface area contributed by atoms with Crippen LogP contribution >= 0.6 is 12.2 Å². The molecule has 0 saturated heterocycles. The summed E-state index contributed by atoms with van der Waals surface area (Å²) in [6.07, 6.45) is 1.36. The summed E-state index contributed by atoms with van der Waals surface area (Å²) in [6, 6.07) is 4.60. The Hall–Kier alpha value is -1.82. The van der Waals surface area contributed by atoms with Gasteiger partial charge in [-0.05, 0) is 24.4 Å². The molecule has 0 amide bonds. The number of para-hydroxylation sites is 1. The number of hydrogen-bond acceptors (Lipinski definition) is 4. The Bertz CT molecular complexity index is 393. The summed E-state index contributed by atoms with van der Waals surface area (Å²) in [5.41, 5.74) is 2.93. The quantitative estimate of drug-likeness (QED) is 0.255. The molecule has 4 N–H and O–H groups in total. The molecule has 0 unspecified atom stereocenters. The van der Waals surface area contributed by atoms with Crippen LogP contribution in [0.25, 0.3) is 0 Å². The molecule has 0 fully saturated rings. The zero-order valence-electron chi connectivity index (χ0n) is 8.06. The second kappa shape index (κ2) is 5.16. The lowest BCUT2D eigenvalue weighted by atomic mass is 10.2. The molecule has 0 aliphatic rings. The number of phenols is 2. The van der Waals surface area contributed by atoms with Crippen LogP contribution < -0.4 is 10.7 Å². The second-order valence-electron chi connectivity index (χ2n) is 2.66. The molecule has 0 atom stereocenters. The molecule has 1 aromatic rings. The molecule has 80 valence electrons. The van der Waals surface area contributed by atoms with Crippen molar-refractivity contribution in [3.05, 3.63) is 23.8 Å². The zero-order valence-corrected chi connectivity index (χ0v) is 8.88. The van der Waals surface area contributed by atoms with Crippen molar-refractivity contribution in [1.82, 2.24) is 10.7 Å². The molecule has 0 heterocycles. The van der Waals surface area contributed by atoms with Crippen molar-refractivity contribution in [2.45, 2.75) is 0 Å². The van der Waals surface area contributed by atoms with E-state index < -0.39 is 0 Å². The lowest BCUT2D eigenvalue weighted by Gasteiger charge is -2.02. The topological polar surface area (TPSA) is 76.9 Å². The van der Waals surface area contributed by atoms with Gasteiger partial charge in [0.1, 0.15) is 0 Å². The van der Waals surface area contributed by atoms with E-state index in [1.165, 1.54) is 12.3 Å². The third kappa shape index (κ3) is 3.10. The third-order valence-corrected chi connectivity index (χ3v) is 1.94. The van der Waals surface area contributed by atoms with E-state index in [4.69, 9.17) is 12.2 Å². The number of benzene rings is 1. The fraction of sp³-hybridized carbons (Fsp3) is 0.111. The minimum atomic E-state index is -0.210. The Morgan fingerprint density at radius 2 is 2.20 bits per heavy atom. The first-order valence-corrected chi connectivity index (χ1v) is 4.57. The van der Waals surface area contributed by atoms with Gasteiger partial charge in [0, 0.05) is 12.6 Å². The molecule has 5 nitrogen and oxygen atoms in total. The molecule has 0 aromatic heterocycles. The number of rotatable bonds is 2. The molecule has 1 rings (SSSR count). The van der Waals surface area contributed by atoms with E-state index in [1.54, 1.807) is 19.2 Å². The van der Waals surface area contributed by atoms with Crippen LogP contribution in [-0.2, 0) is 0 Å². The van der Waals surface area contributed by atoms with Crippen molar-refractivity contribution in [2.24, 2.45) is 5.10 Å². The highest BCUT2D eigenvalue weighted by Crippen LogP contribution is 2.26. The summed E-state index contributed by atoms with van der Waals surface area (Å²) in [5, 5.41) is 25.4. The van der Waals surface area contributed by atoms with Crippen LogP contribution in [-0.4, -0.2) is 28.6 Å². The fourth-order valence-electron chi connectivity index (χ4n) is 0.869. The number of thiocarbonyl (C=S) groups is 1. The number of hydrazone groups is 1. The number of phenolic OH excluding ortho intramolecular Hbond substituents is 2. The van der Waals surface area contributed by atoms with E-state index in [2.05, 4.69) is 15.8 Å². The maximum atomic E-state index is 9.40. The molecule has 0 aliphatic carbocycles. The average Bonchev–Trinajstić information content (AvgIpc) is 2.24. The summed E-state index contributed by atoms with van der Waals surface area (Å²) < 4.78 is 0. The normalized spacial score (nSPS) is 10.2. The Morgan fingerprint density at radius 3 is 2.87 bits per heavy atom. The first-order valence-electron chi connectivity index (χ1n) is 4.17. The van der Waals surface area contributed by atoms with Crippen molar-refractivity contribution in [2.75, 3.05) is 7.05 Å². The molecular weight excluding hydrogens is 214 g/mol. The van der Waals surface area contributed by atoms with Crippen LogP contribution in [0.3, 0.4) is 0 Å². The predicted molar refractivity (Wildman–Crippen MR) is 62.2 cm³/mol. The van der Waals surface area contributed by atoms with Gasteiger partial charge in [0.15, 0.2) is 16.6 Å². The van der Waals surface area contributed by atoms with E-state index in [9.17, 15) is 10.2 Å². The Balaban J connectivity index is 2.72. The summed E-state index contributed by atoms with van der Waals surface area (Å²) in [4.78, 5) is 0. The first-order chi connectivity index (χ1) is 7.15. The summed E-state index contributed by atoms with van der Waals surface area (Å²) in [6.45, 7) is 0. The minimum Gasteiger partial charge on any atom is -0.504 e. The smallest absolute Gasteiger partial charge is 0.186 e. The molecule has 0 spiro atoms. The number of nitrogens with one attached hydrogen (secondary N) is 2. The second-order valence-corrected chi connectivity index (χ2v) is 3.07. The minimum absolute atomic E-state index is 0.185. The van der Waals surface area contributed by atoms with Gasteiger partial charge in [0.2, 0.25) is 0 Å². The van der Waals surface area contributed by atoms with E-state index >= 15 is 0 Å². The SMILES string of the molecule is CNC(=S)N/N=C\c1cccc(O)c1O. The van der Waals surface area contributed by atoms with Crippen molar-refractivity contribution in [3.63, 3.8) is 0 Å². The Morgan fingerprint density at radius 1 is 1.47 bits per heavy atom. The van der Waals surface area contributed by atoms with Crippen LogP contribution in [0.1, 0.15) is 5.56 Å². The van der Waals surface area contributed by atoms with E-state index in [1.807, 2.05) is 0 Å². The van der Waals surface area contributed by atoms with Gasteiger partial charge in [-0.3, -0.25) is 5.43 Å². The summed E-state index contributed by atoms with van der Waals surface area (Å²) >= 11 is 4.78. The molecule has 0 saturated carbocycles. The van der Waals surface area contributed by atoms with Gasteiger partial charge in [-0.1, -0.05) is 6.07 Å². The molecule has 1 aromatic carbocycles. The molecule has 15 heavy (non-hydrogen) atoms. The maximum Gasteiger partial charge on any atom is 0.186 e. The lowest BCUT2D eigenvalue weighted by Crippen LogP contribution is -2.28. The van der Waals surface area contributed by atoms with Crippen molar-refractivity contribution in [3.8, 4) is 11.5 Å². The van der Waals surface area contributed by atoms with Gasteiger partial charge >= 0.3 is 0 Å². The average molecular weight is 225 g/mol. The predicted octanol–water partition coefficient (Wildman–Crippen LogP) is 0.526. The van der Waals surface area contributed by atoms with Gasteiger partial charge in [0.25, 0.3) is 0 Å². The molecule has 0 bridgehead atoms. The molecular formula is C9H11N3O2S. The van der Waals surface area contributed by atoms with Crippen LogP contribution in [0.4, 0.5) is 0 Å². The highest BCUT2D eigenvalue weighted by molar-refractivity contribution is 7.80. The highest BCUT2D eigenvalue weighted by Gasteiger charge is 2.02. The van der Waals surface area contributed by atoms with Crippen LogP contribution in [0, 0.1) is 0 Å². The summed E-state index contributed by atoms with van der Waals surface area (Å²) in [5.74, 6) is -0.395. The van der Waals surface area contributed by atoms with Crippen molar-refractivity contribution >= 4 is 23.5 Å². The van der Waals surface area contributed by atoms with Gasteiger partial charge < -0.3 is 15.5 Å². The van der Waals surface area contributed by atoms with Crippen molar-refractivity contribution in [1.29, 1.82) is 0 Å². The molecule has 6 heteroatoms. The number of aromatic hydroxyl groups is 2. The van der Waals surface area contributed by atoms with E-state index in [0.717, 1.165) is 0 Å².